The second-order valence-corrected chi connectivity index (χ2v) is 10.3. The van der Waals surface area contributed by atoms with Gasteiger partial charge in [0.1, 0.15) is 35.7 Å². The first-order chi connectivity index (χ1) is 14.0. The second-order valence-electron chi connectivity index (χ2n) is 8.33. The molecule has 0 aromatic rings. The van der Waals surface area contributed by atoms with Gasteiger partial charge in [0.2, 0.25) is 0 Å². The maximum Gasteiger partial charge on any atom is 0.411 e. The lowest BCUT2D eigenvalue weighted by Gasteiger charge is -2.44. The molecule has 0 amide bonds. The molecule has 2 aliphatic heterocycles. The van der Waals surface area contributed by atoms with E-state index in [1.165, 1.54) is 10.6 Å². The lowest BCUT2D eigenvalue weighted by Crippen LogP contribution is -2.74. The fourth-order valence-corrected chi connectivity index (χ4v) is 5.16. The SMILES string of the molecule is C[S+](=O)([O-])N1CCC(NC2NC(OCC(F)(F)F)NC(C3CCC(F)CC3)N2)CC1. The third-order valence-corrected chi connectivity index (χ3v) is 7.21. The highest BCUT2D eigenvalue weighted by Gasteiger charge is 2.38. The fourth-order valence-electron chi connectivity index (χ4n) is 4.28. The van der Waals surface area contributed by atoms with E-state index in [4.69, 9.17) is 4.74 Å². The van der Waals surface area contributed by atoms with E-state index in [1.807, 2.05) is 0 Å². The predicted octanol–water partition coefficient (Wildman–Crippen LogP) is 0.998. The first-order valence-corrected chi connectivity index (χ1v) is 12.2. The number of hydrogen-bond acceptors (Lipinski definition) is 7. The van der Waals surface area contributed by atoms with Gasteiger partial charge in [0, 0.05) is 19.1 Å². The van der Waals surface area contributed by atoms with Crippen LogP contribution in [0.15, 0.2) is 0 Å². The number of nitrogens with zero attached hydrogens (tertiary/aromatic N) is 1. The van der Waals surface area contributed by atoms with E-state index in [-0.39, 0.29) is 18.1 Å². The van der Waals surface area contributed by atoms with Crippen LogP contribution >= 0.6 is 0 Å². The Bertz CT molecular complexity index is 594. The van der Waals surface area contributed by atoms with E-state index in [0.717, 1.165) is 0 Å². The molecule has 4 unspecified atom stereocenters. The summed E-state index contributed by atoms with van der Waals surface area (Å²) < 4.78 is 81.0. The normalized spacial score (nSPS) is 37.1. The van der Waals surface area contributed by atoms with Crippen LogP contribution in [0.5, 0.6) is 0 Å². The Hall–Kier alpha value is -0.410. The van der Waals surface area contributed by atoms with Crippen LogP contribution < -0.4 is 21.3 Å². The summed E-state index contributed by atoms with van der Waals surface area (Å²) in [4.78, 5) is 0. The minimum Gasteiger partial charge on any atom is -0.598 e. The molecule has 176 valence electrons. The van der Waals surface area contributed by atoms with Crippen molar-refractivity contribution >= 4 is 10.4 Å². The van der Waals surface area contributed by atoms with E-state index in [9.17, 15) is 26.3 Å². The van der Waals surface area contributed by atoms with Crippen LogP contribution in [0.2, 0.25) is 0 Å². The van der Waals surface area contributed by atoms with Crippen molar-refractivity contribution in [2.45, 2.75) is 75.7 Å². The molecule has 0 aromatic carbocycles. The van der Waals surface area contributed by atoms with E-state index in [1.54, 1.807) is 0 Å². The zero-order valence-electron chi connectivity index (χ0n) is 16.9. The number of alkyl halides is 4. The molecule has 30 heavy (non-hydrogen) atoms. The van der Waals surface area contributed by atoms with Crippen LogP contribution in [0.3, 0.4) is 0 Å². The predicted molar refractivity (Wildman–Crippen MR) is 102 cm³/mol. The highest BCUT2D eigenvalue weighted by Crippen LogP contribution is 2.29. The molecule has 0 bridgehead atoms. The van der Waals surface area contributed by atoms with Gasteiger partial charge >= 0.3 is 6.18 Å². The molecule has 8 nitrogen and oxygen atoms in total. The first-order valence-electron chi connectivity index (χ1n) is 10.3. The smallest absolute Gasteiger partial charge is 0.411 e. The van der Waals surface area contributed by atoms with Crippen molar-refractivity contribution in [1.29, 1.82) is 0 Å². The van der Waals surface area contributed by atoms with Gasteiger partial charge in [0.05, 0.1) is 6.17 Å². The molecule has 13 heteroatoms. The molecule has 3 rings (SSSR count). The van der Waals surface area contributed by atoms with Crippen molar-refractivity contribution in [3.05, 3.63) is 0 Å². The van der Waals surface area contributed by atoms with Crippen molar-refractivity contribution in [1.82, 2.24) is 25.6 Å². The van der Waals surface area contributed by atoms with Crippen molar-refractivity contribution in [3.63, 3.8) is 0 Å². The Morgan fingerprint density at radius 1 is 1.10 bits per heavy atom. The van der Waals surface area contributed by atoms with Gasteiger partial charge in [-0.15, -0.1) is 4.31 Å². The van der Waals surface area contributed by atoms with Gasteiger partial charge in [-0.25, -0.2) is 4.39 Å². The van der Waals surface area contributed by atoms with Gasteiger partial charge in [0.15, 0.2) is 6.35 Å². The number of hydrogen-bond donors (Lipinski definition) is 4. The van der Waals surface area contributed by atoms with Gasteiger partial charge in [-0.05, 0) is 44.4 Å². The summed E-state index contributed by atoms with van der Waals surface area (Å²) in [5, 5.41) is 12.6. The number of piperidine rings is 1. The summed E-state index contributed by atoms with van der Waals surface area (Å²) in [5.41, 5.74) is 0. The average Bonchev–Trinajstić information content (AvgIpc) is 2.66. The van der Waals surface area contributed by atoms with Gasteiger partial charge in [0.25, 0.3) is 0 Å². The summed E-state index contributed by atoms with van der Waals surface area (Å²) in [6.45, 7) is -0.611. The molecule has 3 fully saturated rings. The number of nitrogens with one attached hydrogen (secondary N) is 4. The number of ether oxygens (including phenoxy) is 1. The third-order valence-electron chi connectivity index (χ3n) is 5.91. The Labute approximate surface area is 175 Å². The largest absolute Gasteiger partial charge is 0.598 e. The van der Waals surface area contributed by atoms with E-state index >= 15 is 0 Å². The number of halogens is 4. The molecule has 4 atom stereocenters. The molecule has 0 radical (unpaired) electrons. The monoisotopic (exact) mass is 461 g/mol. The minimum atomic E-state index is -4.45. The summed E-state index contributed by atoms with van der Waals surface area (Å²) in [6.07, 6.45) is -2.64. The van der Waals surface area contributed by atoms with Crippen molar-refractivity contribution in [3.8, 4) is 0 Å². The highest BCUT2D eigenvalue weighted by molar-refractivity contribution is 7.94. The molecule has 3 aliphatic rings. The van der Waals surface area contributed by atoms with Gasteiger partial charge in [-0.2, -0.15) is 13.2 Å². The van der Waals surface area contributed by atoms with Crippen LogP contribution in [-0.4, -0.2) is 72.0 Å². The Morgan fingerprint density at radius 2 is 1.73 bits per heavy atom. The highest BCUT2D eigenvalue weighted by atomic mass is 32.3. The zero-order chi connectivity index (χ0) is 21.9. The summed E-state index contributed by atoms with van der Waals surface area (Å²) in [7, 11) is -3.23. The summed E-state index contributed by atoms with van der Waals surface area (Å²) >= 11 is 0. The van der Waals surface area contributed by atoms with Crippen LogP contribution in [0.1, 0.15) is 38.5 Å². The number of sulfonamides is 1. The Kier molecular flexibility index (Phi) is 8.10. The maximum atomic E-state index is 13.5. The molecular formula is C17H31F4N5O3S. The first kappa shape index (κ1) is 24.2. The lowest BCUT2D eigenvalue weighted by molar-refractivity contribution is -0.199. The summed E-state index contributed by atoms with van der Waals surface area (Å²) in [6, 6.07) is -0.00315. The van der Waals surface area contributed by atoms with Crippen molar-refractivity contribution in [2.24, 2.45) is 5.92 Å². The third kappa shape index (κ3) is 7.33. The second kappa shape index (κ2) is 10.0. The van der Waals surface area contributed by atoms with Crippen LogP contribution in [0, 0.1) is 5.92 Å². The molecule has 0 aromatic heterocycles. The van der Waals surface area contributed by atoms with Crippen molar-refractivity contribution in [2.75, 3.05) is 26.0 Å². The molecule has 0 spiro atoms. The summed E-state index contributed by atoms with van der Waals surface area (Å²) in [5.74, 6) is 0.0764. The fraction of sp³-hybridized carbons (Fsp3) is 1.00. The molecule has 2 saturated heterocycles. The van der Waals surface area contributed by atoms with E-state index in [2.05, 4.69) is 21.3 Å². The number of rotatable bonds is 6. The minimum absolute atomic E-state index is 0.00315. The molecule has 4 N–H and O–H groups in total. The lowest BCUT2D eigenvalue weighted by atomic mass is 9.85. The van der Waals surface area contributed by atoms with E-state index in [0.29, 0.717) is 51.6 Å². The standard InChI is InChI=1S/C17H31F4N5O3S/c1-30(27,28)26-8-6-13(7-9-26)22-15-23-14(11-2-4-12(18)5-3-11)24-16(25-15)29-10-17(19,20)21/h11-16,22-25H,2-10H2,1H3. The molecular weight excluding hydrogens is 430 g/mol. The quantitative estimate of drug-likeness (QED) is 0.346. The molecule has 1 saturated carbocycles. The topological polar surface area (TPSA) is 101 Å². The van der Waals surface area contributed by atoms with E-state index < -0.39 is 42.0 Å². The van der Waals surface area contributed by atoms with Crippen molar-refractivity contribution < 1.29 is 31.1 Å². The van der Waals surface area contributed by atoms with Crippen LogP contribution in [-0.2, 0) is 19.3 Å². The van der Waals surface area contributed by atoms with Crippen LogP contribution in [0.4, 0.5) is 17.6 Å². The van der Waals surface area contributed by atoms with Gasteiger partial charge in [-0.1, -0.05) is 4.21 Å². The maximum absolute atomic E-state index is 13.5. The average molecular weight is 462 g/mol. The molecule has 2 heterocycles. The van der Waals surface area contributed by atoms with Gasteiger partial charge < -0.3 is 9.29 Å². The Morgan fingerprint density at radius 3 is 2.30 bits per heavy atom. The Balaban J connectivity index is 1.57. The van der Waals surface area contributed by atoms with Gasteiger partial charge in [-0.3, -0.25) is 21.3 Å². The zero-order valence-corrected chi connectivity index (χ0v) is 17.7. The van der Waals surface area contributed by atoms with Crippen LogP contribution in [0.25, 0.3) is 0 Å². The molecule has 1 aliphatic carbocycles.